The minimum Gasteiger partial charge on any atom is -0.497 e. The van der Waals surface area contributed by atoms with Crippen molar-refractivity contribution >= 4 is 11.6 Å². The molecule has 3 aromatic rings. The van der Waals surface area contributed by atoms with Crippen molar-refractivity contribution in [2.24, 2.45) is 0 Å². The van der Waals surface area contributed by atoms with Gasteiger partial charge in [-0.1, -0.05) is 41.0 Å². The normalized spacial score (nSPS) is 15.6. The lowest BCUT2D eigenvalue weighted by molar-refractivity contribution is 0.112. The summed E-state index contributed by atoms with van der Waals surface area (Å²) < 4.78 is 10.7. The van der Waals surface area contributed by atoms with E-state index in [9.17, 15) is 0 Å². The van der Waals surface area contributed by atoms with Crippen molar-refractivity contribution in [3.05, 3.63) is 65.0 Å². The third-order valence-electron chi connectivity index (χ3n) is 4.97. The van der Waals surface area contributed by atoms with Crippen LogP contribution in [0.15, 0.2) is 53.1 Å². The van der Waals surface area contributed by atoms with E-state index in [-0.39, 0.29) is 0 Å². The van der Waals surface area contributed by atoms with Gasteiger partial charge < -0.3 is 9.26 Å². The largest absolute Gasteiger partial charge is 0.497 e. The third kappa shape index (κ3) is 4.52. The molecule has 0 atom stereocenters. The number of methoxy groups -OCH3 is 1. The zero-order valence-corrected chi connectivity index (χ0v) is 16.6. The van der Waals surface area contributed by atoms with Gasteiger partial charge in [-0.15, -0.1) is 0 Å². The molecule has 4 rings (SSSR count). The van der Waals surface area contributed by atoms with E-state index >= 15 is 0 Å². The van der Waals surface area contributed by atoms with E-state index in [1.165, 1.54) is 5.56 Å². The number of nitrogens with zero attached hydrogens (tertiary/aromatic N) is 4. The number of ether oxygens (including phenoxy) is 1. The molecular weight excluding hydrogens is 376 g/mol. The summed E-state index contributed by atoms with van der Waals surface area (Å²) in [7, 11) is 1.69. The number of hydrogen-bond donors (Lipinski definition) is 0. The van der Waals surface area contributed by atoms with Crippen LogP contribution >= 0.6 is 11.6 Å². The van der Waals surface area contributed by atoms with E-state index in [0.717, 1.165) is 44.0 Å². The zero-order valence-electron chi connectivity index (χ0n) is 15.8. The van der Waals surface area contributed by atoms with E-state index in [2.05, 4.69) is 32.1 Å². The highest BCUT2D eigenvalue weighted by molar-refractivity contribution is 6.33. The average molecular weight is 399 g/mol. The Bertz CT molecular complexity index is 905. The number of aromatic nitrogens is 2. The molecule has 0 unspecified atom stereocenters. The topological polar surface area (TPSA) is 54.6 Å². The molecule has 1 aliphatic heterocycles. The quantitative estimate of drug-likeness (QED) is 0.630. The molecule has 0 N–H and O–H groups in total. The van der Waals surface area contributed by atoms with E-state index in [4.69, 9.17) is 20.9 Å². The number of hydrogen-bond acceptors (Lipinski definition) is 6. The summed E-state index contributed by atoms with van der Waals surface area (Å²) in [5.74, 6) is 2.06. The summed E-state index contributed by atoms with van der Waals surface area (Å²) in [6.07, 6.45) is 0. The molecule has 0 spiro atoms. The molecule has 0 aliphatic carbocycles. The molecule has 0 saturated carbocycles. The first-order valence-electron chi connectivity index (χ1n) is 9.36. The Balaban J connectivity index is 1.29. The van der Waals surface area contributed by atoms with Gasteiger partial charge in [0.2, 0.25) is 11.7 Å². The number of rotatable bonds is 6. The van der Waals surface area contributed by atoms with Crippen LogP contribution in [0.2, 0.25) is 5.02 Å². The second-order valence-electron chi connectivity index (χ2n) is 6.89. The molecule has 1 aliphatic rings. The van der Waals surface area contributed by atoms with Crippen molar-refractivity contribution in [2.45, 2.75) is 13.1 Å². The van der Waals surface area contributed by atoms with Gasteiger partial charge in [0.15, 0.2) is 0 Å². The van der Waals surface area contributed by atoms with Crippen molar-refractivity contribution in [2.75, 3.05) is 33.3 Å². The lowest BCUT2D eigenvalue weighted by Crippen LogP contribution is -2.45. The minimum atomic E-state index is 0.541. The second kappa shape index (κ2) is 8.73. The van der Waals surface area contributed by atoms with Crippen molar-refractivity contribution < 1.29 is 9.26 Å². The van der Waals surface area contributed by atoms with Gasteiger partial charge in [-0.25, -0.2) is 0 Å². The van der Waals surface area contributed by atoms with Gasteiger partial charge in [-0.3, -0.25) is 9.80 Å². The Morgan fingerprint density at radius 3 is 2.32 bits per heavy atom. The Labute approximate surface area is 169 Å². The van der Waals surface area contributed by atoms with Crippen LogP contribution in [0.3, 0.4) is 0 Å². The molecule has 0 amide bonds. The average Bonchev–Trinajstić information content (AvgIpc) is 3.18. The molecule has 0 bridgehead atoms. The fraction of sp³-hybridized carbons (Fsp3) is 0.333. The van der Waals surface area contributed by atoms with Crippen LogP contribution < -0.4 is 4.74 Å². The fourth-order valence-electron chi connectivity index (χ4n) is 3.36. The monoisotopic (exact) mass is 398 g/mol. The van der Waals surface area contributed by atoms with Crippen molar-refractivity contribution in [1.82, 2.24) is 19.9 Å². The van der Waals surface area contributed by atoms with E-state index < -0.39 is 0 Å². The lowest BCUT2D eigenvalue weighted by atomic mass is 10.2. The summed E-state index contributed by atoms with van der Waals surface area (Å²) in [5, 5.41) is 4.71. The first-order chi connectivity index (χ1) is 13.7. The van der Waals surface area contributed by atoms with E-state index in [0.29, 0.717) is 23.3 Å². The maximum Gasteiger partial charge on any atom is 0.241 e. The summed E-state index contributed by atoms with van der Waals surface area (Å²) in [6.45, 7) is 5.58. The third-order valence-corrected chi connectivity index (χ3v) is 5.30. The molecule has 1 saturated heterocycles. The fourth-order valence-corrected chi connectivity index (χ4v) is 3.58. The summed E-state index contributed by atoms with van der Waals surface area (Å²) in [4.78, 5) is 9.31. The maximum atomic E-state index is 6.21. The van der Waals surface area contributed by atoms with Gasteiger partial charge in [-0.05, 0) is 29.8 Å². The highest BCUT2D eigenvalue weighted by Gasteiger charge is 2.20. The Hall–Kier alpha value is -2.41. The van der Waals surface area contributed by atoms with Gasteiger partial charge in [0.25, 0.3) is 0 Å². The van der Waals surface area contributed by atoms with E-state index in [1.54, 1.807) is 7.11 Å². The highest BCUT2D eigenvalue weighted by atomic mass is 35.5. The zero-order chi connectivity index (χ0) is 19.3. The first-order valence-corrected chi connectivity index (χ1v) is 9.74. The number of benzene rings is 2. The molecule has 28 heavy (non-hydrogen) atoms. The predicted octanol–water partition coefficient (Wildman–Crippen LogP) is 3.72. The molecule has 7 heteroatoms. The molecule has 0 radical (unpaired) electrons. The second-order valence-corrected chi connectivity index (χ2v) is 7.30. The van der Waals surface area contributed by atoms with Gasteiger partial charge in [0, 0.05) is 38.3 Å². The van der Waals surface area contributed by atoms with Crippen LogP contribution in [0.1, 0.15) is 11.5 Å². The Morgan fingerprint density at radius 1 is 0.964 bits per heavy atom. The molecule has 2 aromatic carbocycles. The highest BCUT2D eigenvalue weighted by Crippen LogP contribution is 2.25. The predicted molar refractivity (Wildman–Crippen MR) is 108 cm³/mol. The number of halogens is 1. The smallest absolute Gasteiger partial charge is 0.241 e. The SMILES string of the molecule is COc1ccc(CN2CCN(Cc3nc(-c4ccccc4Cl)no3)CC2)cc1. The molecule has 6 nitrogen and oxygen atoms in total. The van der Waals surface area contributed by atoms with Crippen molar-refractivity contribution in [3.63, 3.8) is 0 Å². The molecule has 1 fully saturated rings. The van der Waals surface area contributed by atoms with Crippen LogP contribution in [0.5, 0.6) is 5.75 Å². The lowest BCUT2D eigenvalue weighted by Gasteiger charge is -2.33. The Kier molecular flexibility index (Phi) is 5.90. The summed E-state index contributed by atoms with van der Waals surface area (Å²) >= 11 is 6.21. The Morgan fingerprint density at radius 2 is 1.64 bits per heavy atom. The minimum absolute atomic E-state index is 0.541. The molecule has 146 valence electrons. The summed E-state index contributed by atoms with van der Waals surface area (Å²) in [6, 6.07) is 15.8. The van der Waals surface area contributed by atoms with Gasteiger partial charge in [0.05, 0.1) is 18.7 Å². The van der Waals surface area contributed by atoms with E-state index in [1.807, 2.05) is 36.4 Å². The van der Waals surface area contributed by atoms with Gasteiger partial charge in [0.1, 0.15) is 5.75 Å². The van der Waals surface area contributed by atoms with Crippen molar-refractivity contribution in [1.29, 1.82) is 0 Å². The van der Waals surface area contributed by atoms with Crippen LogP contribution in [0.25, 0.3) is 11.4 Å². The number of piperazine rings is 1. The standard InChI is InChI=1S/C21H23ClN4O2/c1-27-17-8-6-16(7-9-17)14-25-10-12-26(13-11-25)15-20-23-21(24-28-20)18-4-2-3-5-19(18)22/h2-9H,10-15H2,1H3. The van der Waals surface area contributed by atoms with Crippen LogP contribution in [0, 0.1) is 0 Å². The van der Waals surface area contributed by atoms with Crippen LogP contribution in [-0.2, 0) is 13.1 Å². The molecule has 1 aromatic heterocycles. The van der Waals surface area contributed by atoms with Gasteiger partial charge >= 0.3 is 0 Å². The van der Waals surface area contributed by atoms with Crippen LogP contribution in [0.4, 0.5) is 0 Å². The van der Waals surface area contributed by atoms with Crippen molar-refractivity contribution in [3.8, 4) is 17.1 Å². The molecular formula is C21H23ClN4O2. The van der Waals surface area contributed by atoms with Gasteiger partial charge in [-0.2, -0.15) is 4.98 Å². The maximum absolute atomic E-state index is 6.21. The summed E-state index contributed by atoms with van der Waals surface area (Å²) in [5.41, 5.74) is 2.10. The first kappa shape index (κ1) is 18.9. The van der Waals surface area contributed by atoms with Crippen LogP contribution in [-0.4, -0.2) is 53.2 Å². The molecule has 2 heterocycles.